The van der Waals surface area contributed by atoms with Gasteiger partial charge in [-0.1, -0.05) is 26.3 Å². The minimum Gasteiger partial charge on any atom is -0.324 e. The molecular weight excluding hydrogens is 175 g/mol. The molecule has 3 nitrogen and oxygen atoms in total. The molecule has 0 aromatic heterocycles. The molecule has 0 spiro atoms. The highest BCUT2D eigenvalue weighted by Gasteiger charge is 2.26. The normalized spacial score (nSPS) is 18.2. The van der Waals surface area contributed by atoms with Crippen LogP contribution < -0.4 is 0 Å². The Morgan fingerprint density at radius 3 is 2.75 bits per heavy atom. The van der Waals surface area contributed by atoms with Crippen LogP contribution in [0, 0.1) is 0 Å². The third-order valence-corrected chi connectivity index (χ3v) is 3.53. The summed E-state index contributed by atoms with van der Waals surface area (Å²) in [6.45, 7) is 7.26. The second-order valence-electron chi connectivity index (χ2n) is 2.79. The zero-order valence-electron chi connectivity index (χ0n) is 7.69. The van der Waals surface area contributed by atoms with Crippen LogP contribution in [0.15, 0.2) is 12.7 Å². The highest BCUT2D eigenvalue weighted by Crippen LogP contribution is 2.48. The van der Waals surface area contributed by atoms with Crippen molar-refractivity contribution in [3.63, 3.8) is 0 Å². The highest BCUT2D eigenvalue weighted by molar-refractivity contribution is 7.53. The van der Waals surface area contributed by atoms with Crippen LogP contribution in [0.1, 0.15) is 26.7 Å². The largest absolute Gasteiger partial charge is 0.331 e. The summed E-state index contributed by atoms with van der Waals surface area (Å²) in [6, 6.07) is 0. The minimum atomic E-state index is -3.39. The summed E-state index contributed by atoms with van der Waals surface area (Å²) in [5.41, 5.74) is -0.276. The predicted molar refractivity (Wildman–Crippen MR) is 50.3 cm³/mol. The molecule has 0 amide bonds. The zero-order valence-corrected chi connectivity index (χ0v) is 8.59. The van der Waals surface area contributed by atoms with Crippen molar-refractivity contribution in [2.75, 3.05) is 6.61 Å². The van der Waals surface area contributed by atoms with E-state index in [2.05, 4.69) is 6.58 Å². The van der Waals surface area contributed by atoms with E-state index in [0.29, 0.717) is 6.42 Å². The third-order valence-electron chi connectivity index (χ3n) is 1.64. The van der Waals surface area contributed by atoms with Crippen LogP contribution in [0.5, 0.6) is 0 Å². The van der Waals surface area contributed by atoms with Crippen LogP contribution in [0.2, 0.25) is 0 Å². The molecule has 0 heterocycles. The highest BCUT2D eigenvalue weighted by atomic mass is 31.2. The van der Waals surface area contributed by atoms with Crippen LogP contribution in [-0.4, -0.2) is 17.2 Å². The van der Waals surface area contributed by atoms with E-state index in [4.69, 9.17) is 4.52 Å². The van der Waals surface area contributed by atoms with Gasteiger partial charge >= 0.3 is 7.60 Å². The van der Waals surface area contributed by atoms with Crippen molar-refractivity contribution in [3.8, 4) is 0 Å². The second-order valence-corrected chi connectivity index (χ2v) is 5.05. The fraction of sp³-hybridized carbons (Fsp3) is 0.750. The Morgan fingerprint density at radius 1 is 1.75 bits per heavy atom. The lowest BCUT2D eigenvalue weighted by atomic mass is 10.3. The van der Waals surface area contributed by atoms with Crippen molar-refractivity contribution in [3.05, 3.63) is 12.7 Å². The fourth-order valence-electron chi connectivity index (χ4n) is 0.868. The standard InChI is InChI=1S/C8H17O3P/c1-4-6-8(3)12(9,10)11-7-5-2/h5,8H,2,4,6-7H2,1,3H3,(H,9,10). The predicted octanol–water partition coefficient (Wildman–Crippen LogP) is 2.56. The molecule has 2 unspecified atom stereocenters. The average Bonchev–Trinajstić information content (AvgIpc) is 2.01. The van der Waals surface area contributed by atoms with Gasteiger partial charge in [-0.05, 0) is 6.42 Å². The van der Waals surface area contributed by atoms with Gasteiger partial charge in [-0.25, -0.2) is 0 Å². The monoisotopic (exact) mass is 192 g/mol. The smallest absolute Gasteiger partial charge is 0.324 e. The third kappa shape index (κ3) is 4.05. The molecule has 12 heavy (non-hydrogen) atoms. The SMILES string of the molecule is C=CCOP(=O)(O)C(C)CCC. The van der Waals surface area contributed by atoms with Crippen molar-refractivity contribution < 1.29 is 14.0 Å². The molecule has 4 heteroatoms. The Kier molecular flexibility index (Phi) is 5.47. The quantitative estimate of drug-likeness (QED) is 0.519. The van der Waals surface area contributed by atoms with Gasteiger partial charge in [-0.15, -0.1) is 6.58 Å². The summed E-state index contributed by atoms with van der Waals surface area (Å²) in [6.07, 6.45) is 3.08. The summed E-state index contributed by atoms with van der Waals surface area (Å²) in [7, 11) is -3.39. The summed E-state index contributed by atoms with van der Waals surface area (Å²) >= 11 is 0. The van der Waals surface area contributed by atoms with Gasteiger partial charge in [0.25, 0.3) is 0 Å². The summed E-state index contributed by atoms with van der Waals surface area (Å²) in [5, 5.41) is 0. The van der Waals surface area contributed by atoms with E-state index < -0.39 is 7.60 Å². The van der Waals surface area contributed by atoms with Gasteiger partial charge in [0.1, 0.15) is 0 Å². The first-order valence-electron chi connectivity index (χ1n) is 4.12. The first-order valence-corrected chi connectivity index (χ1v) is 5.77. The summed E-state index contributed by atoms with van der Waals surface area (Å²) < 4.78 is 16.1. The van der Waals surface area contributed by atoms with E-state index >= 15 is 0 Å². The molecule has 72 valence electrons. The lowest BCUT2D eigenvalue weighted by Gasteiger charge is -2.17. The van der Waals surface area contributed by atoms with Crippen molar-refractivity contribution in [2.45, 2.75) is 32.3 Å². The topological polar surface area (TPSA) is 46.5 Å². The minimum absolute atomic E-state index is 0.141. The first kappa shape index (κ1) is 11.9. The van der Waals surface area contributed by atoms with Gasteiger partial charge in [0, 0.05) is 0 Å². The molecule has 0 aliphatic heterocycles. The van der Waals surface area contributed by atoms with Gasteiger partial charge in [0.2, 0.25) is 0 Å². The Bertz CT molecular complexity index is 179. The maximum Gasteiger partial charge on any atom is 0.331 e. The Labute approximate surface area is 74.0 Å². The molecule has 0 saturated heterocycles. The fourth-order valence-corrected chi connectivity index (χ4v) is 2.03. The van der Waals surface area contributed by atoms with Gasteiger partial charge < -0.3 is 9.42 Å². The molecule has 0 aromatic rings. The molecule has 0 bridgehead atoms. The van der Waals surface area contributed by atoms with E-state index in [0.717, 1.165) is 6.42 Å². The van der Waals surface area contributed by atoms with E-state index in [-0.39, 0.29) is 12.3 Å². The van der Waals surface area contributed by atoms with Crippen LogP contribution in [0.3, 0.4) is 0 Å². The van der Waals surface area contributed by atoms with E-state index in [1.165, 1.54) is 6.08 Å². The maximum absolute atomic E-state index is 11.3. The molecule has 1 N–H and O–H groups in total. The van der Waals surface area contributed by atoms with E-state index in [1.807, 2.05) is 6.92 Å². The molecule has 0 aromatic carbocycles. The molecular formula is C8H17O3P. The van der Waals surface area contributed by atoms with Gasteiger partial charge in [-0.2, -0.15) is 0 Å². The summed E-state index contributed by atoms with van der Waals surface area (Å²) in [4.78, 5) is 9.33. The maximum atomic E-state index is 11.3. The van der Waals surface area contributed by atoms with Crippen molar-refractivity contribution in [2.24, 2.45) is 0 Å². The lowest BCUT2D eigenvalue weighted by Crippen LogP contribution is -2.05. The lowest BCUT2D eigenvalue weighted by molar-refractivity contribution is 0.277. The average molecular weight is 192 g/mol. The number of hydrogen-bond acceptors (Lipinski definition) is 2. The molecule has 2 atom stereocenters. The van der Waals surface area contributed by atoms with Crippen molar-refractivity contribution in [1.82, 2.24) is 0 Å². The van der Waals surface area contributed by atoms with Crippen LogP contribution >= 0.6 is 7.60 Å². The van der Waals surface area contributed by atoms with Crippen LogP contribution in [0.4, 0.5) is 0 Å². The van der Waals surface area contributed by atoms with Crippen molar-refractivity contribution in [1.29, 1.82) is 0 Å². The molecule has 0 aliphatic rings. The molecule has 0 rings (SSSR count). The molecule has 0 saturated carbocycles. The van der Waals surface area contributed by atoms with E-state index in [9.17, 15) is 9.46 Å². The first-order chi connectivity index (χ1) is 5.54. The number of hydrogen-bond donors (Lipinski definition) is 1. The van der Waals surface area contributed by atoms with E-state index in [1.54, 1.807) is 6.92 Å². The zero-order chi connectivity index (χ0) is 9.61. The molecule has 0 fully saturated rings. The summed E-state index contributed by atoms with van der Waals surface area (Å²) in [5.74, 6) is 0. The Morgan fingerprint density at radius 2 is 2.33 bits per heavy atom. The van der Waals surface area contributed by atoms with Crippen LogP contribution in [0.25, 0.3) is 0 Å². The molecule has 0 aliphatic carbocycles. The van der Waals surface area contributed by atoms with Gasteiger partial charge in [0.05, 0.1) is 12.3 Å². The number of rotatable bonds is 6. The van der Waals surface area contributed by atoms with Gasteiger partial charge in [0.15, 0.2) is 0 Å². The Hall–Kier alpha value is -0.110. The Balaban J connectivity index is 3.99. The second kappa shape index (κ2) is 5.52. The molecule has 0 radical (unpaired) electrons. The van der Waals surface area contributed by atoms with Crippen molar-refractivity contribution >= 4 is 7.60 Å². The van der Waals surface area contributed by atoms with Crippen LogP contribution in [-0.2, 0) is 9.09 Å². The van der Waals surface area contributed by atoms with Gasteiger partial charge in [-0.3, -0.25) is 4.57 Å².